The molecule has 0 bridgehead atoms. The average Bonchev–Trinajstić information content (AvgIpc) is 2.80. The molecule has 0 fully saturated rings. The van der Waals surface area contributed by atoms with Crippen LogP contribution in [0.2, 0.25) is 0 Å². The Kier molecular flexibility index (Phi) is 29.0. The number of carboxylic acid groups (broad SMARTS) is 2. The van der Waals surface area contributed by atoms with Crippen molar-refractivity contribution in [2.75, 3.05) is 0 Å². The SMILES string of the molecule is C=CC(=O)O.CCCCCCCCCCCCCCCCCCCCCCC=C(C)C(=O)O. The van der Waals surface area contributed by atoms with Crippen LogP contribution in [0.1, 0.15) is 149 Å². The molecule has 4 heteroatoms. The summed E-state index contributed by atoms with van der Waals surface area (Å²) in [5.74, 6) is -1.77. The van der Waals surface area contributed by atoms with Gasteiger partial charge < -0.3 is 10.2 Å². The van der Waals surface area contributed by atoms with Crippen molar-refractivity contribution in [3.8, 4) is 0 Å². The third kappa shape index (κ3) is 32.7. The molecule has 0 aliphatic rings. The molecule has 0 atom stereocenters. The van der Waals surface area contributed by atoms with Crippen molar-refractivity contribution in [3.63, 3.8) is 0 Å². The number of unbranched alkanes of at least 4 members (excludes halogenated alkanes) is 20. The topological polar surface area (TPSA) is 74.6 Å². The molecule has 0 aromatic rings. The molecule has 0 aliphatic carbocycles. The molecule has 0 heterocycles. The summed E-state index contributed by atoms with van der Waals surface area (Å²) in [6.45, 7) is 6.93. The maximum absolute atomic E-state index is 10.7. The lowest BCUT2D eigenvalue weighted by molar-refractivity contribution is -0.133. The van der Waals surface area contributed by atoms with E-state index in [0.29, 0.717) is 5.57 Å². The normalized spacial score (nSPS) is 11.0. The molecule has 0 amide bonds. The van der Waals surface area contributed by atoms with Crippen LogP contribution in [0.15, 0.2) is 24.3 Å². The Balaban J connectivity index is 0. The van der Waals surface area contributed by atoms with Crippen LogP contribution >= 0.6 is 0 Å². The van der Waals surface area contributed by atoms with Gasteiger partial charge in [0.1, 0.15) is 0 Å². The Labute approximate surface area is 204 Å². The Morgan fingerprint density at radius 2 is 0.879 bits per heavy atom. The highest BCUT2D eigenvalue weighted by Crippen LogP contribution is 2.15. The van der Waals surface area contributed by atoms with Crippen molar-refractivity contribution in [2.45, 2.75) is 149 Å². The van der Waals surface area contributed by atoms with Gasteiger partial charge in [0.2, 0.25) is 0 Å². The lowest BCUT2D eigenvalue weighted by atomic mass is 10.0. The predicted molar refractivity (Wildman–Crippen MR) is 142 cm³/mol. The summed E-state index contributed by atoms with van der Waals surface area (Å²) in [5, 5.41) is 16.4. The number of aliphatic carboxylic acids is 2. The largest absolute Gasteiger partial charge is 0.478 e. The zero-order valence-corrected chi connectivity index (χ0v) is 21.9. The van der Waals surface area contributed by atoms with E-state index in [1.165, 1.54) is 122 Å². The van der Waals surface area contributed by atoms with Crippen LogP contribution in [0.3, 0.4) is 0 Å². The quantitative estimate of drug-likeness (QED) is 0.116. The predicted octanol–water partition coefficient (Wildman–Crippen LogP) is 9.49. The highest BCUT2D eigenvalue weighted by Gasteiger charge is 1.98. The summed E-state index contributed by atoms with van der Waals surface area (Å²) in [7, 11) is 0. The maximum atomic E-state index is 10.7. The van der Waals surface area contributed by atoms with E-state index in [-0.39, 0.29) is 0 Å². The third-order valence-electron chi connectivity index (χ3n) is 6.02. The minimum atomic E-state index is -0.981. The summed E-state index contributed by atoms with van der Waals surface area (Å²) in [5.41, 5.74) is 0.484. The maximum Gasteiger partial charge on any atom is 0.330 e. The molecule has 0 saturated carbocycles. The molecule has 33 heavy (non-hydrogen) atoms. The van der Waals surface area contributed by atoms with Crippen LogP contribution in [0.5, 0.6) is 0 Å². The lowest BCUT2D eigenvalue weighted by Gasteiger charge is -2.04. The molecule has 0 radical (unpaired) electrons. The molecule has 2 N–H and O–H groups in total. The molecule has 0 aromatic heterocycles. The van der Waals surface area contributed by atoms with Crippen LogP contribution < -0.4 is 0 Å². The highest BCUT2D eigenvalue weighted by atomic mass is 16.4. The molecule has 0 aliphatic heterocycles. The molecular formula is C29H54O4. The zero-order valence-electron chi connectivity index (χ0n) is 21.9. The summed E-state index contributed by atoms with van der Waals surface area (Å²) in [6, 6.07) is 0. The van der Waals surface area contributed by atoms with Gasteiger partial charge in [-0.3, -0.25) is 0 Å². The first kappa shape index (κ1) is 33.6. The Bertz CT molecular complexity index is 482. The van der Waals surface area contributed by atoms with Crippen molar-refractivity contribution in [2.24, 2.45) is 0 Å². The number of rotatable bonds is 23. The first-order chi connectivity index (χ1) is 16.0. The van der Waals surface area contributed by atoms with Gasteiger partial charge in [-0.05, 0) is 19.8 Å². The van der Waals surface area contributed by atoms with Crippen molar-refractivity contribution in [1.82, 2.24) is 0 Å². The Morgan fingerprint density at radius 1 is 0.606 bits per heavy atom. The van der Waals surface area contributed by atoms with Gasteiger partial charge in [0.25, 0.3) is 0 Å². The number of allylic oxidation sites excluding steroid dienone is 1. The van der Waals surface area contributed by atoms with Gasteiger partial charge >= 0.3 is 11.9 Å². The van der Waals surface area contributed by atoms with Crippen LogP contribution in [0.4, 0.5) is 0 Å². The van der Waals surface area contributed by atoms with Gasteiger partial charge in [0.05, 0.1) is 0 Å². The Morgan fingerprint density at radius 3 is 1.12 bits per heavy atom. The van der Waals surface area contributed by atoms with Gasteiger partial charge in [-0.1, -0.05) is 142 Å². The molecular weight excluding hydrogens is 412 g/mol. The van der Waals surface area contributed by atoms with Crippen LogP contribution in [0, 0.1) is 0 Å². The van der Waals surface area contributed by atoms with Crippen LogP contribution in [0.25, 0.3) is 0 Å². The van der Waals surface area contributed by atoms with Crippen molar-refractivity contribution in [1.29, 1.82) is 0 Å². The summed E-state index contributed by atoms with van der Waals surface area (Å²) in [6.07, 6.45) is 31.5. The second-order valence-corrected chi connectivity index (χ2v) is 9.24. The molecule has 194 valence electrons. The second kappa shape index (κ2) is 28.5. The fraction of sp³-hybridized carbons (Fsp3) is 0.793. The first-order valence-corrected chi connectivity index (χ1v) is 13.7. The van der Waals surface area contributed by atoms with E-state index in [1.54, 1.807) is 6.92 Å². The van der Waals surface area contributed by atoms with E-state index in [0.717, 1.165) is 18.9 Å². The van der Waals surface area contributed by atoms with Gasteiger partial charge in [0.15, 0.2) is 0 Å². The van der Waals surface area contributed by atoms with Crippen LogP contribution in [-0.4, -0.2) is 22.2 Å². The van der Waals surface area contributed by atoms with E-state index in [2.05, 4.69) is 13.5 Å². The second-order valence-electron chi connectivity index (χ2n) is 9.24. The summed E-state index contributed by atoms with van der Waals surface area (Å²) >= 11 is 0. The van der Waals surface area contributed by atoms with Gasteiger partial charge in [-0.2, -0.15) is 0 Å². The number of hydrogen-bond acceptors (Lipinski definition) is 2. The Hall–Kier alpha value is -1.58. The van der Waals surface area contributed by atoms with E-state index in [1.807, 2.05) is 6.08 Å². The summed E-state index contributed by atoms with van der Waals surface area (Å²) in [4.78, 5) is 19.9. The smallest absolute Gasteiger partial charge is 0.330 e. The number of carbonyl (C=O) groups is 2. The molecule has 0 saturated heterocycles. The lowest BCUT2D eigenvalue weighted by Crippen LogP contribution is -1.95. The minimum absolute atomic E-state index is 0.484. The standard InChI is InChI=1S/C26H50O2.C3H4O2/c1-3-4-5-6-7-8-9-10-11-12-13-14-15-16-17-18-19-20-21-22-23-24-25(2)26(27)28;1-2-3(4)5/h24H,3-23H2,1-2H3,(H,27,28);2H,1H2,(H,4,5). The van der Waals surface area contributed by atoms with Crippen LogP contribution in [-0.2, 0) is 9.59 Å². The fourth-order valence-corrected chi connectivity index (χ4v) is 3.81. The molecule has 4 nitrogen and oxygen atoms in total. The van der Waals surface area contributed by atoms with E-state index in [9.17, 15) is 9.59 Å². The van der Waals surface area contributed by atoms with Gasteiger partial charge in [0, 0.05) is 11.6 Å². The molecule has 0 rings (SSSR count). The summed E-state index contributed by atoms with van der Waals surface area (Å²) < 4.78 is 0. The van der Waals surface area contributed by atoms with Crippen molar-refractivity contribution < 1.29 is 19.8 Å². The highest BCUT2D eigenvalue weighted by molar-refractivity contribution is 5.85. The molecule has 0 spiro atoms. The number of carboxylic acids is 2. The van der Waals surface area contributed by atoms with E-state index >= 15 is 0 Å². The first-order valence-electron chi connectivity index (χ1n) is 13.7. The molecule has 0 aromatic carbocycles. The number of hydrogen-bond donors (Lipinski definition) is 2. The van der Waals surface area contributed by atoms with Gasteiger partial charge in [-0.15, -0.1) is 0 Å². The third-order valence-corrected chi connectivity index (χ3v) is 6.02. The van der Waals surface area contributed by atoms with E-state index in [4.69, 9.17) is 10.2 Å². The fourth-order valence-electron chi connectivity index (χ4n) is 3.81. The van der Waals surface area contributed by atoms with Crippen molar-refractivity contribution in [3.05, 3.63) is 24.3 Å². The van der Waals surface area contributed by atoms with Gasteiger partial charge in [-0.25, -0.2) is 9.59 Å². The average molecular weight is 467 g/mol. The monoisotopic (exact) mass is 466 g/mol. The van der Waals surface area contributed by atoms with Crippen molar-refractivity contribution >= 4 is 11.9 Å². The molecule has 0 unspecified atom stereocenters. The minimum Gasteiger partial charge on any atom is -0.478 e. The van der Waals surface area contributed by atoms with E-state index < -0.39 is 11.9 Å². The zero-order chi connectivity index (χ0) is 25.0.